The van der Waals surface area contributed by atoms with Crippen LogP contribution in [-0.4, -0.2) is 58.1 Å². The molecule has 0 aromatic carbocycles. The van der Waals surface area contributed by atoms with E-state index in [0.717, 1.165) is 18.7 Å². The number of carbonyl (C=O) groups excluding carboxylic acids is 2. The molecule has 0 bridgehead atoms. The fourth-order valence-corrected chi connectivity index (χ4v) is 3.82. The summed E-state index contributed by atoms with van der Waals surface area (Å²) in [5.74, 6) is -0.539. The van der Waals surface area contributed by atoms with E-state index in [1.165, 1.54) is 7.11 Å². The molecule has 10 nitrogen and oxygen atoms in total. The van der Waals surface area contributed by atoms with Crippen LogP contribution in [0.15, 0.2) is 30.7 Å². The normalized spacial score (nSPS) is 12.2. The number of amides is 1. The Bertz CT molecular complexity index is 1110. The molecule has 0 aliphatic rings. The van der Waals surface area contributed by atoms with Crippen LogP contribution in [0.2, 0.25) is 0 Å². The number of aryl methyl sites for hydroxylation is 1. The molecular weight excluding hydrogens is 436 g/mol. The highest BCUT2D eigenvalue weighted by Crippen LogP contribution is 2.33. The summed E-state index contributed by atoms with van der Waals surface area (Å²) in [4.78, 5) is 30.1. The second-order valence-corrected chi connectivity index (χ2v) is 8.70. The summed E-state index contributed by atoms with van der Waals surface area (Å²) in [5.41, 5.74) is 2.03. The van der Waals surface area contributed by atoms with E-state index in [0.29, 0.717) is 36.3 Å². The van der Waals surface area contributed by atoms with Gasteiger partial charge in [-0.2, -0.15) is 5.10 Å². The first kappa shape index (κ1) is 25.2. The van der Waals surface area contributed by atoms with Gasteiger partial charge >= 0.3 is 5.97 Å². The average molecular weight is 471 g/mol. The Balaban J connectivity index is 1.97. The maximum Gasteiger partial charge on any atom is 0.356 e. The lowest BCUT2D eigenvalue weighted by Gasteiger charge is -2.15. The predicted molar refractivity (Wildman–Crippen MR) is 131 cm³/mol. The van der Waals surface area contributed by atoms with E-state index in [-0.39, 0.29) is 23.6 Å². The van der Waals surface area contributed by atoms with Gasteiger partial charge in [0.25, 0.3) is 0 Å². The predicted octanol–water partition coefficient (Wildman–Crippen LogP) is 3.54. The van der Waals surface area contributed by atoms with Crippen LogP contribution < -0.4 is 10.6 Å². The van der Waals surface area contributed by atoms with Gasteiger partial charge in [-0.3, -0.25) is 9.48 Å². The highest BCUT2D eigenvalue weighted by molar-refractivity contribution is 6.11. The molecule has 0 spiro atoms. The van der Waals surface area contributed by atoms with E-state index < -0.39 is 5.97 Å². The Morgan fingerprint density at radius 1 is 1.18 bits per heavy atom. The highest BCUT2D eigenvalue weighted by atomic mass is 16.5. The summed E-state index contributed by atoms with van der Waals surface area (Å²) in [5, 5.41) is 11.3. The van der Waals surface area contributed by atoms with Crippen LogP contribution in [0.3, 0.4) is 0 Å². The van der Waals surface area contributed by atoms with Crippen LogP contribution in [0.4, 0.5) is 11.4 Å². The number of nitrogens with zero attached hydrogens (tertiary/aromatic N) is 4. The molecule has 3 aromatic heterocycles. The van der Waals surface area contributed by atoms with Crippen molar-refractivity contribution < 1.29 is 19.1 Å². The van der Waals surface area contributed by atoms with Crippen molar-refractivity contribution in [3.8, 4) is 0 Å². The van der Waals surface area contributed by atoms with Crippen molar-refractivity contribution in [1.82, 2.24) is 19.3 Å². The second kappa shape index (κ2) is 11.6. The van der Waals surface area contributed by atoms with Crippen LogP contribution in [0, 0.1) is 5.92 Å². The van der Waals surface area contributed by atoms with E-state index in [4.69, 9.17) is 9.47 Å². The molecule has 1 unspecified atom stereocenters. The number of pyridine rings is 1. The standard InChI is InChI=1S/C24H34N6O4/c1-16(2)13-20(31)28-21-19-14-18(27-17(3)7-10-29-9-6-8-26-29)15-25-23(19)30(11-12-33-4)22(21)24(32)34-5/h6,8-9,14-17,27H,7,10-13H2,1-5H3,(H,28,31). The first-order chi connectivity index (χ1) is 16.3. The zero-order chi connectivity index (χ0) is 24.7. The zero-order valence-corrected chi connectivity index (χ0v) is 20.5. The van der Waals surface area contributed by atoms with Crippen LogP contribution in [0.25, 0.3) is 11.0 Å². The smallest absolute Gasteiger partial charge is 0.356 e. The van der Waals surface area contributed by atoms with E-state index in [2.05, 4.69) is 27.6 Å². The van der Waals surface area contributed by atoms with E-state index in [1.54, 1.807) is 24.1 Å². The van der Waals surface area contributed by atoms with Gasteiger partial charge in [0, 0.05) is 50.4 Å². The van der Waals surface area contributed by atoms with Gasteiger partial charge in [0.1, 0.15) is 5.65 Å². The van der Waals surface area contributed by atoms with Crippen molar-refractivity contribution in [1.29, 1.82) is 0 Å². The molecule has 0 saturated heterocycles. The number of esters is 1. The van der Waals surface area contributed by atoms with Gasteiger partial charge in [0.15, 0.2) is 5.69 Å². The first-order valence-electron chi connectivity index (χ1n) is 11.5. The summed E-state index contributed by atoms with van der Waals surface area (Å²) >= 11 is 0. The van der Waals surface area contributed by atoms with E-state index in [9.17, 15) is 9.59 Å². The summed E-state index contributed by atoms with van der Waals surface area (Å²) in [6.07, 6.45) is 6.62. The minimum atomic E-state index is -0.545. The second-order valence-electron chi connectivity index (χ2n) is 8.70. The van der Waals surface area contributed by atoms with Crippen molar-refractivity contribution in [2.75, 3.05) is 31.5 Å². The SMILES string of the molecule is COCCn1c(C(=O)OC)c(NC(=O)CC(C)C)c2cc(NC(C)CCn3cccn3)cnc21. The molecule has 184 valence electrons. The number of ether oxygens (including phenoxy) is 2. The summed E-state index contributed by atoms with van der Waals surface area (Å²) in [6.45, 7) is 7.57. The highest BCUT2D eigenvalue weighted by Gasteiger charge is 2.26. The summed E-state index contributed by atoms with van der Waals surface area (Å²) in [6, 6.07) is 3.96. The van der Waals surface area contributed by atoms with E-state index in [1.807, 2.05) is 36.9 Å². The molecule has 3 rings (SSSR count). The number of fused-ring (bicyclic) bond motifs is 1. The molecule has 1 amide bonds. The molecule has 34 heavy (non-hydrogen) atoms. The maximum absolute atomic E-state index is 12.8. The van der Waals surface area contributed by atoms with Gasteiger partial charge in [-0.15, -0.1) is 0 Å². The monoisotopic (exact) mass is 470 g/mol. The fraction of sp³-hybridized carbons (Fsp3) is 0.500. The molecule has 3 aromatic rings. The Morgan fingerprint density at radius 3 is 2.62 bits per heavy atom. The molecule has 0 saturated carbocycles. The van der Waals surface area contributed by atoms with Crippen molar-refractivity contribution in [2.24, 2.45) is 5.92 Å². The lowest BCUT2D eigenvalue weighted by molar-refractivity contribution is -0.116. The molecule has 0 radical (unpaired) electrons. The number of hydrogen-bond acceptors (Lipinski definition) is 7. The van der Waals surface area contributed by atoms with Crippen LogP contribution in [-0.2, 0) is 27.4 Å². The van der Waals surface area contributed by atoms with E-state index >= 15 is 0 Å². The van der Waals surface area contributed by atoms with Crippen molar-refractivity contribution >= 4 is 34.3 Å². The molecular formula is C24H34N6O4. The van der Waals surface area contributed by atoms with Crippen LogP contribution >= 0.6 is 0 Å². The number of nitrogens with one attached hydrogen (secondary N) is 2. The number of anilines is 2. The average Bonchev–Trinajstić information content (AvgIpc) is 3.41. The Morgan fingerprint density at radius 2 is 1.97 bits per heavy atom. The Kier molecular flexibility index (Phi) is 8.64. The maximum atomic E-state index is 12.8. The quantitative estimate of drug-likeness (QED) is 0.389. The third kappa shape index (κ3) is 6.13. The minimum absolute atomic E-state index is 0.151. The van der Waals surface area contributed by atoms with Crippen molar-refractivity contribution in [2.45, 2.75) is 52.7 Å². The summed E-state index contributed by atoms with van der Waals surface area (Å²) < 4.78 is 13.9. The first-order valence-corrected chi connectivity index (χ1v) is 11.5. The van der Waals surface area contributed by atoms with Gasteiger partial charge in [0.05, 0.1) is 31.3 Å². The molecule has 1 atom stereocenters. The van der Waals surface area contributed by atoms with Gasteiger partial charge in [-0.1, -0.05) is 13.8 Å². The lowest BCUT2D eigenvalue weighted by atomic mass is 10.1. The van der Waals surface area contributed by atoms with Crippen LogP contribution in [0.1, 0.15) is 44.1 Å². The topological polar surface area (TPSA) is 112 Å². The molecule has 3 heterocycles. The number of aromatic nitrogens is 4. The largest absolute Gasteiger partial charge is 0.464 e. The molecule has 0 aliphatic heterocycles. The number of rotatable bonds is 12. The third-order valence-electron chi connectivity index (χ3n) is 5.42. The Labute approximate surface area is 199 Å². The fourth-order valence-electron chi connectivity index (χ4n) is 3.82. The molecule has 10 heteroatoms. The molecule has 0 aliphatic carbocycles. The van der Waals surface area contributed by atoms with Crippen molar-refractivity contribution in [3.05, 3.63) is 36.4 Å². The number of hydrogen-bond donors (Lipinski definition) is 2. The van der Waals surface area contributed by atoms with Gasteiger partial charge in [-0.05, 0) is 31.4 Å². The lowest BCUT2D eigenvalue weighted by Crippen LogP contribution is -2.19. The van der Waals surface area contributed by atoms with Gasteiger partial charge < -0.3 is 24.7 Å². The Hall–Kier alpha value is -3.40. The third-order valence-corrected chi connectivity index (χ3v) is 5.42. The van der Waals surface area contributed by atoms with Gasteiger partial charge in [0.2, 0.25) is 5.91 Å². The summed E-state index contributed by atoms with van der Waals surface area (Å²) in [7, 11) is 2.91. The van der Waals surface area contributed by atoms with Gasteiger partial charge in [-0.25, -0.2) is 9.78 Å². The molecule has 0 fully saturated rings. The van der Waals surface area contributed by atoms with Crippen LogP contribution in [0.5, 0.6) is 0 Å². The molecule has 2 N–H and O–H groups in total. The zero-order valence-electron chi connectivity index (χ0n) is 20.5. The number of carbonyl (C=O) groups is 2. The minimum Gasteiger partial charge on any atom is -0.464 e. The van der Waals surface area contributed by atoms with Crippen molar-refractivity contribution in [3.63, 3.8) is 0 Å². The number of methoxy groups -OCH3 is 2.